The summed E-state index contributed by atoms with van der Waals surface area (Å²) in [4.78, 5) is 20.1. The van der Waals surface area contributed by atoms with Gasteiger partial charge in [0.1, 0.15) is 13.2 Å². The van der Waals surface area contributed by atoms with Crippen LogP contribution < -0.4 is 9.47 Å². The highest BCUT2D eigenvalue weighted by Crippen LogP contribution is 2.52. The quantitative estimate of drug-likeness (QED) is 0.748. The maximum Gasteiger partial charge on any atom is 0.229 e. The number of amides is 1. The molecule has 154 valence electrons. The molecule has 0 N–H and O–H groups in total. The van der Waals surface area contributed by atoms with Gasteiger partial charge in [-0.05, 0) is 49.4 Å². The zero-order chi connectivity index (χ0) is 20.0. The zero-order valence-corrected chi connectivity index (χ0v) is 18.0. The van der Waals surface area contributed by atoms with E-state index in [4.69, 9.17) is 9.47 Å². The number of nitrogens with zero attached hydrogens (tertiary/aromatic N) is 2. The van der Waals surface area contributed by atoms with Gasteiger partial charge in [-0.2, -0.15) is 0 Å². The molecule has 6 heteroatoms. The molecule has 1 fully saturated rings. The van der Waals surface area contributed by atoms with Crippen molar-refractivity contribution in [1.82, 2.24) is 9.88 Å². The molecule has 1 aromatic heterocycles. The smallest absolute Gasteiger partial charge is 0.229 e. The Bertz CT molecular complexity index is 932. The number of fused-ring (bicyclic) bond motifs is 3. The first-order valence-electron chi connectivity index (χ1n) is 10.8. The van der Waals surface area contributed by atoms with Crippen molar-refractivity contribution in [2.75, 3.05) is 19.8 Å². The van der Waals surface area contributed by atoms with Crippen LogP contribution in [-0.4, -0.2) is 35.5 Å². The number of hydrogen-bond acceptors (Lipinski definition) is 5. The van der Waals surface area contributed by atoms with E-state index < -0.39 is 0 Å². The lowest BCUT2D eigenvalue weighted by Crippen LogP contribution is -2.49. The molecule has 5 nitrogen and oxygen atoms in total. The SMILES string of the molecule is CCc1nc(CC(=O)N2CC3(CCCC3)c3cc4c(cc3C2C)OCCO4)cs1. The molecular formula is C23H28N2O3S. The highest BCUT2D eigenvalue weighted by molar-refractivity contribution is 7.09. The largest absolute Gasteiger partial charge is 0.486 e. The molecule has 0 bridgehead atoms. The van der Waals surface area contributed by atoms with Crippen LogP contribution in [0.3, 0.4) is 0 Å². The van der Waals surface area contributed by atoms with Crippen molar-refractivity contribution in [3.63, 3.8) is 0 Å². The lowest BCUT2D eigenvalue weighted by molar-refractivity contribution is -0.134. The highest BCUT2D eigenvalue weighted by atomic mass is 32.1. The van der Waals surface area contributed by atoms with Crippen LogP contribution in [-0.2, 0) is 23.1 Å². The summed E-state index contributed by atoms with van der Waals surface area (Å²) < 4.78 is 11.7. The number of aromatic nitrogens is 1. The van der Waals surface area contributed by atoms with Gasteiger partial charge in [0.15, 0.2) is 11.5 Å². The molecule has 1 unspecified atom stereocenters. The van der Waals surface area contributed by atoms with E-state index in [1.807, 2.05) is 5.38 Å². The Labute approximate surface area is 176 Å². The molecule has 5 rings (SSSR count). The molecule has 1 aromatic carbocycles. The van der Waals surface area contributed by atoms with Crippen LogP contribution in [0.5, 0.6) is 11.5 Å². The minimum absolute atomic E-state index is 0.0313. The van der Waals surface area contributed by atoms with Gasteiger partial charge in [-0.25, -0.2) is 4.98 Å². The average molecular weight is 413 g/mol. The number of carbonyl (C=O) groups excluding carboxylic acids is 1. The van der Waals surface area contributed by atoms with Crippen molar-refractivity contribution < 1.29 is 14.3 Å². The summed E-state index contributed by atoms with van der Waals surface area (Å²) in [6.45, 7) is 6.23. The molecule has 0 radical (unpaired) electrons. The van der Waals surface area contributed by atoms with Crippen molar-refractivity contribution in [1.29, 1.82) is 0 Å². The van der Waals surface area contributed by atoms with Gasteiger partial charge in [-0.15, -0.1) is 11.3 Å². The molecule has 29 heavy (non-hydrogen) atoms. The molecule has 2 aromatic rings. The summed E-state index contributed by atoms with van der Waals surface area (Å²) in [6, 6.07) is 4.37. The lowest BCUT2D eigenvalue weighted by atomic mass is 9.71. The second-order valence-corrected chi connectivity index (χ2v) is 9.47. The Morgan fingerprint density at radius 1 is 1.24 bits per heavy atom. The van der Waals surface area contributed by atoms with Gasteiger partial charge in [0, 0.05) is 17.3 Å². The number of rotatable bonds is 3. The number of thiazole rings is 1. The fourth-order valence-corrected chi connectivity index (χ4v) is 6.00. The van der Waals surface area contributed by atoms with Gasteiger partial charge >= 0.3 is 0 Å². The van der Waals surface area contributed by atoms with Crippen LogP contribution in [0.4, 0.5) is 0 Å². The van der Waals surface area contributed by atoms with E-state index in [0.717, 1.165) is 48.0 Å². The van der Waals surface area contributed by atoms with E-state index in [9.17, 15) is 4.79 Å². The third-order valence-electron chi connectivity index (χ3n) is 6.79. The van der Waals surface area contributed by atoms with Gasteiger partial charge in [0.2, 0.25) is 5.91 Å². The topological polar surface area (TPSA) is 51.7 Å². The monoisotopic (exact) mass is 412 g/mol. The first kappa shape index (κ1) is 18.9. The fraction of sp³-hybridized carbons (Fsp3) is 0.565. The summed E-state index contributed by atoms with van der Waals surface area (Å²) in [5.74, 6) is 1.86. The predicted octanol–water partition coefficient (Wildman–Crippen LogP) is 4.43. The zero-order valence-electron chi connectivity index (χ0n) is 17.2. The average Bonchev–Trinajstić information content (AvgIpc) is 3.40. The van der Waals surface area contributed by atoms with Crippen molar-refractivity contribution in [3.8, 4) is 11.5 Å². The molecule has 1 saturated carbocycles. The van der Waals surface area contributed by atoms with Gasteiger partial charge in [0.25, 0.3) is 0 Å². The van der Waals surface area contributed by atoms with Crippen molar-refractivity contribution in [2.24, 2.45) is 0 Å². The molecule has 1 aliphatic carbocycles. The van der Waals surface area contributed by atoms with Gasteiger partial charge < -0.3 is 14.4 Å². The molecule has 3 aliphatic rings. The van der Waals surface area contributed by atoms with Crippen LogP contribution >= 0.6 is 11.3 Å². The number of hydrogen-bond donors (Lipinski definition) is 0. The van der Waals surface area contributed by atoms with E-state index >= 15 is 0 Å². The summed E-state index contributed by atoms with van der Waals surface area (Å²) >= 11 is 1.65. The molecule has 0 saturated heterocycles. The van der Waals surface area contributed by atoms with Crippen LogP contribution in [0.1, 0.15) is 67.4 Å². The molecule has 1 atom stereocenters. The second kappa shape index (κ2) is 7.31. The van der Waals surface area contributed by atoms with E-state index in [1.54, 1.807) is 11.3 Å². The normalized spacial score (nSPS) is 22.0. The van der Waals surface area contributed by atoms with Crippen molar-refractivity contribution in [3.05, 3.63) is 39.3 Å². The first-order valence-corrected chi connectivity index (χ1v) is 11.6. The Kier molecular flexibility index (Phi) is 4.77. The Hall–Kier alpha value is -2.08. The molecule has 1 spiro atoms. The Morgan fingerprint density at radius 3 is 2.66 bits per heavy atom. The summed E-state index contributed by atoms with van der Waals surface area (Å²) in [7, 11) is 0. The lowest BCUT2D eigenvalue weighted by Gasteiger charge is -2.46. The van der Waals surface area contributed by atoms with E-state index in [-0.39, 0.29) is 17.4 Å². The molecule has 3 heterocycles. The number of carbonyl (C=O) groups is 1. The van der Waals surface area contributed by atoms with Crippen LogP contribution in [0.15, 0.2) is 17.5 Å². The fourth-order valence-electron chi connectivity index (χ4n) is 5.26. The molecular weight excluding hydrogens is 384 g/mol. The van der Waals surface area contributed by atoms with E-state index in [2.05, 4.69) is 35.9 Å². The highest BCUT2D eigenvalue weighted by Gasteiger charge is 2.46. The Balaban J connectivity index is 1.50. The van der Waals surface area contributed by atoms with Gasteiger partial charge in [-0.3, -0.25) is 4.79 Å². The maximum absolute atomic E-state index is 13.3. The van der Waals surface area contributed by atoms with E-state index in [1.165, 1.54) is 24.0 Å². The predicted molar refractivity (Wildman–Crippen MR) is 113 cm³/mol. The van der Waals surface area contributed by atoms with Crippen molar-refractivity contribution >= 4 is 17.2 Å². The minimum Gasteiger partial charge on any atom is -0.486 e. The van der Waals surface area contributed by atoms with Gasteiger partial charge in [0.05, 0.1) is 23.2 Å². The third kappa shape index (κ3) is 3.21. The minimum atomic E-state index is 0.0313. The maximum atomic E-state index is 13.3. The number of ether oxygens (including phenoxy) is 2. The third-order valence-corrected chi connectivity index (χ3v) is 7.83. The molecule has 1 amide bonds. The standard InChI is InChI=1S/C23H28N2O3S/c1-3-21-24-16(13-29-21)10-22(26)25-14-23(6-4-5-7-23)18-12-20-19(27-8-9-28-20)11-17(18)15(25)2/h11-13,15H,3-10,14H2,1-2H3. The number of aryl methyl sites for hydroxylation is 1. The summed E-state index contributed by atoms with van der Waals surface area (Å²) in [5.41, 5.74) is 3.54. The number of benzene rings is 1. The van der Waals surface area contributed by atoms with Crippen LogP contribution in [0, 0.1) is 0 Å². The Morgan fingerprint density at radius 2 is 1.97 bits per heavy atom. The van der Waals surface area contributed by atoms with Crippen LogP contribution in [0.2, 0.25) is 0 Å². The summed E-state index contributed by atoms with van der Waals surface area (Å²) in [5, 5.41) is 3.13. The van der Waals surface area contributed by atoms with Gasteiger partial charge in [-0.1, -0.05) is 19.8 Å². The first-order chi connectivity index (χ1) is 14.1. The van der Waals surface area contributed by atoms with E-state index in [0.29, 0.717) is 19.6 Å². The van der Waals surface area contributed by atoms with Crippen LogP contribution in [0.25, 0.3) is 0 Å². The molecule has 2 aliphatic heterocycles. The van der Waals surface area contributed by atoms with Crippen molar-refractivity contribution in [2.45, 2.75) is 63.8 Å². The summed E-state index contributed by atoms with van der Waals surface area (Å²) in [6.07, 6.45) is 6.01. The second-order valence-electron chi connectivity index (χ2n) is 8.53.